The maximum absolute atomic E-state index is 13.0. The molecule has 0 fully saturated rings. The number of hydrogen-bond donors (Lipinski definition) is 2. The second-order valence-corrected chi connectivity index (χ2v) is 6.74. The molecule has 3 rings (SSSR count). The van der Waals surface area contributed by atoms with Gasteiger partial charge in [-0.25, -0.2) is 0 Å². The maximum Gasteiger partial charge on any atom is 0.405 e. The number of benzene rings is 2. The maximum atomic E-state index is 13.0. The van der Waals surface area contributed by atoms with Crippen LogP contribution >= 0.6 is 0 Å². The molecule has 0 saturated carbocycles. The molecule has 146 valence electrons. The van der Waals surface area contributed by atoms with Gasteiger partial charge in [0, 0.05) is 31.4 Å². The number of anilines is 3. The predicted octanol–water partition coefficient (Wildman–Crippen LogP) is 4.04. The number of hydrogen-bond acceptors (Lipinski definition) is 4. The molecule has 2 N–H and O–H groups in total. The monoisotopic (exact) mass is 379 g/mol. The third-order valence-corrected chi connectivity index (χ3v) is 4.85. The number of rotatable bonds is 5. The van der Waals surface area contributed by atoms with Crippen LogP contribution in [0.25, 0.3) is 0 Å². The Morgan fingerprint density at radius 2 is 1.67 bits per heavy atom. The number of para-hydroxylation sites is 3. The van der Waals surface area contributed by atoms with E-state index in [1.54, 1.807) is 19.1 Å². The molecule has 0 spiro atoms. The van der Waals surface area contributed by atoms with Gasteiger partial charge in [-0.15, -0.1) is 0 Å². The van der Waals surface area contributed by atoms with Crippen LogP contribution in [0.5, 0.6) is 0 Å². The summed E-state index contributed by atoms with van der Waals surface area (Å²) in [6.45, 7) is 1.36. The van der Waals surface area contributed by atoms with Gasteiger partial charge in [0.2, 0.25) is 0 Å². The Bertz CT molecular complexity index is 779. The van der Waals surface area contributed by atoms with E-state index >= 15 is 0 Å². The first-order valence-corrected chi connectivity index (χ1v) is 8.94. The number of nitrogens with zero attached hydrogens (tertiary/aromatic N) is 2. The fourth-order valence-electron chi connectivity index (χ4n) is 3.78. The molecule has 4 nitrogen and oxygen atoms in total. The van der Waals surface area contributed by atoms with Crippen molar-refractivity contribution in [1.82, 2.24) is 0 Å². The SMILES string of the molecule is CNc1ccccc1C(C(C)O)N1CCN(CC(F)(F)F)c2ccccc21. The lowest BCUT2D eigenvalue weighted by Crippen LogP contribution is -2.48. The van der Waals surface area contributed by atoms with Crippen molar-refractivity contribution in [2.45, 2.75) is 25.2 Å². The van der Waals surface area contributed by atoms with Crippen LogP contribution in [-0.2, 0) is 0 Å². The van der Waals surface area contributed by atoms with Crippen molar-refractivity contribution in [1.29, 1.82) is 0 Å². The molecule has 0 bridgehead atoms. The second-order valence-electron chi connectivity index (χ2n) is 6.74. The Kier molecular flexibility index (Phi) is 5.51. The number of nitrogens with one attached hydrogen (secondary N) is 1. The Morgan fingerprint density at radius 1 is 1.04 bits per heavy atom. The predicted molar refractivity (Wildman–Crippen MR) is 102 cm³/mol. The van der Waals surface area contributed by atoms with Crippen LogP contribution in [0.2, 0.25) is 0 Å². The highest BCUT2D eigenvalue weighted by molar-refractivity contribution is 5.75. The molecule has 2 aromatic rings. The summed E-state index contributed by atoms with van der Waals surface area (Å²) in [6, 6.07) is 14.4. The molecule has 2 atom stereocenters. The van der Waals surface area contributed by atoms with Crippen LogP contribution in [-0.4, -0.2) is 44.1 Å². The van der Waals surface area contributed by atoms with Gasteiger partial charge in [0.25, 0.3) is 0 Å². The Morgan fingerprint density at radius 3 is 2.30 bits per heavy atom. The van der Waals surface area contributed by atoms with Crippen molar-refractivity contribution in [3.63, 3.8) is 0 Å². The molecule has 1 aliphatic heterocycles. The number of fused-ring (bicyclic) bond motifs is 1. The third kappa shape index (κ3) is 4.13. The van der Waals surface area contributed by atoms with Crippen LogP contribution in [0.4, 0.5) is 30.2 Å². The normalized spacial score (nSPS) is 16.7. The smallest absolute Gasteiger partial charge is 0.391 e. The minimum Gasteiger partial charge on any atom is -0.391 e. The highest BCUT2D eigenvalue weighted by Gasteiger charge is 2.37. The standard InChI is InChI=1S/C20H24F3N3O/c1-14(27)19(15-7-3-4-8-16(15)24-2)26-12-11-25(13-20(21,22)23)17-9-5-6-10-18(17)26/h3-10,14,19,24,27H,11-13H2,1-2H3. The highest BCUT2D eigenvalue weighted by Crippen LogP contribution is 2.41. The van der Waals surface area contributed by atoms with Crippen LogP contribution in [0.1, 0.15) is 18.5 Å². The summed E-state index contributed by atoms with van der Waals surface area (Å²) < 4.78 is 38.9. The summed E-state index contributed by atoms with van der Waals surface area (Å²) >= 11 is 0. The third-order valence-electron chi connectivity index (χ3n) is 4.85. The molecule has 7 heteroatoms. The number of aliphatic hydroxyl groups is 1. The van der Waals surface area contributed by atoms with Crippen molar-refractivity contribution >= 4 is 17.1 Å². The van der Waals surface area contributed by atoms with E-state index in [9.17, 15) is 18.3 Å². The van der Waals surface area contributed by atoms with Gasteiger partial charge >= 0.3 is 6.18 Å². The first kappa shape index (κ1) is 19.4. The van der Waals surface area contributed by atoms with Gasteiger partial charge in [-0.2, -0.15) is 13.2 Å². The van der Waals surface area contributed by atoms with Gasteiger partial charge in [-0.05, 0) is 25.1 Å². The average molecular weight is 379 g/mol. The van der Waals surface area contributed by atoms with Crippen LogP contribution < -0.4 is 15.1 Å². The number of aliphatic hydroxyl groups excluding tert-OH is 1. The van der Waals surface area contributed by atoms with E-state index in [0.29, 0.717) is 17.9 Å². The van der Waals surface area contributed by atoms with E-state index in [4.69, 9.17) is 0 Å². The molecular weight excluding hydrogens is 355 g/mol. The Labute approximate surface area is 157 Å². The zero-order chi connectivity index (χ0) is 19.6. The number of halogens is 3. The Balaban J connectivity index is 2.03. The van der Waals surface area contributed by atoms with E-state index in [1.807, 2.05) is 48.3 Å². The van der Waals surface area contributed by atoms with E-state index in [0.717, 1.165) is 11.3 Å². The van der Waals surface area contributed by atoms with Gasteiger partial charge < -0.3 is 20.2 Å². The molecular formula is C20H24F3N3O. The van der Waals surface area contributed by atoms with Crippen molar-refractivity contribution < 1.29 is 18.3 Å². The lowest BCUT2D eigenvalue weighted by atomic mass is 9.96. The van der Waals surface area contributed by atoms with E-state index in [2.05, 4.69) is 5.32 Å². The molecule has 0 saturated heterocycles. The molecule has 0 aromatic heterocycles. The molecule has 1 aliphatic rings. The molecule has 0 aliphatic carbocycles. The van der Waals surface area contributed by atoms with Gasteiger partial charge in [0.05, 0.1) is 23.5 Å². The van der Waals surface area contributed by atoms with Crippen molar-refractivity contribution in [3.8, 4) is 0 Å². The number of alkyl halides is 3. The summed E-state index contributed by atoms with van der Waals surface area (Å²) in [6.07, 6.45) is -4.97. The minimum absolute atomic E-state index is 0.238. The topological polar surface area (TPSA) is 38.7 Å². The molecule has 2 aromatic carbocycles. The first-order valence-electron chi connectivity index (χ1n) is 8.94. The van der Waals surface area contributed by atoms with E-state index in [-0.39, 0.29) is 12.6 Å². The summed E-state index contributed by atoms with van der Waals surface area (Å²) in [7, 11) is 1.81. The van der Waals surface area contributed by atoms with Crippen molar-refractivity contribution in [2.75, 3.05) is 41.8 Å². The second kappa shape index (κ2) is 7.68. The molecule has 0 amide bonds. The molecule has 1 heterocycles. The summed E-state index contributed by atoms with van der Waals surface area (Å²) in [5.74, 6) is 0. The van der Waals surface area contributed by atoms with Crippen LogP contribution in [0.15, 0.2) is 48.5 Å². The average Bonchev–Trinajstić information content (AvgIpc) is 2.62. The fraction of sp³-hybridized carbons (Fsp3) is 0.400. The van der Waals surface area contributed by atoms with Gasteiger partial charge in [0.15, 0.2) is 0 Å². The largest absolute Gasteiger partial charge is 0.405 e. The van der Waals surface area contributed by atoms with Gasteiger partial charge in [0.1, 0.15) is 6.54 Å². The highest BCUT2D eigenvalue weighted by atomic mass is 19.4. The molecule has 2 unspecified atom stereocenters. The Hall–Kier alpha value is -2.41. The molecule has 0 radical (unpaired) electrons. The quantitative estimate of drug-likeness (QED) is 0.823. The lowest BCUT2D eigenvalue weighted by molar-refractivity contribution is -0.119. The van der Waals surface area contributed by atoms with Crippen LogP contribution in [0.3, 0.4) is 0 Å². The van der Waals surface area contributed by atoms with Gasteiger partial charge in [-0.3, -0.25) is 0 Å². The summed E-state index contributed by atoms with van der Waals surface area (Å²) in [4.78, 5) is 3.36. The van der Waals surface area contributed by atoms with Crippen molar-refractivity contribution in [3.05, 3.63) is 54.1 Å². The summed E-state index contributed by atoms with van der Waals surface area (Å²) in [5, 5.41) is 13.7. The fourth-order valence-corrected chi connectivity index (χ4v) is 3.78. The minimum atomic E-state index is -4.27. The van der Waals surface area contributed by atoms with Crippen molar-refractivity contribution in [2.24, 2.45) is 0 Å². The summed E-state index contributed by atoms with van der Waals surface area (Å²) in [5.41, 5.74) is 3.03. The first-order chi connectivity index (χ1) is 12.8. The van der Waals surface area contributed by atoms with Crippen LogP contribution in [0, 0.1) is 0 Å². The van der Waals surface area contributed by atoms with Gasteiger partial charge in [-0.1, -0.05) is 30.3 Å². The van der Waals surface area contributed by atoms with E-state index in [1.165, 1.54) is 4.90 Å². The molecule has 27 heavy (non-hydrogen) atoms. The van der Waals surface area contributed by atoms with E-state index < -0.39 is 18.8 Å². The zero-order valence-corrected chi connectivity index (χ0v) is 15.4. The zero-order valence-electron chi connectivity index (χ0n) is 15.4. The lowest BCUT2D eigenvalue weighted by Gasteiger charge is -2.44.